The van der Waals surface area contributed by atoms with Crippen LogP contribution >= 0.6 is 0 Å². The highest BCUT2D eigenvalue weighted by atomic mass is 16.5. The van der Waals surface area contributed by atoms with E-state index < -0.39 is 5.97 Å². The minimum Gasteiger partial charge on any atom is -0.465 e. The van der Waals surface area contributed by atoms with Crippen LogP contribution in [-0.4, -0.2) is 47.1 Å². The van der Waals surface area contributed by atoms with Crippen LogP contribution in [0.2, 0.25) is 0 Å². The molecule has 0 aliphatic carbocycles. The maximum atomic E-state index is 13.0. The predicted octanol–water partition coefficient (Wildman–Crippen LogP) is 4.67. The van der Waals surface area contributed by atoms with E-state index in [0.29, 0.717) is 36.1 Å². The molecule has 1 N–H and O–H groups in total. The molecule has 1 unspecified atom stereocenters. The summed E-state index contributed by atoms with van der Waals surface area (Å²) in [6.45, 7) is 8.44. The number of carbonyl (C=O) groups excluding carboxylic acids is 2. The number of likely N-dealkylation sites (tertiary alicyclic amines) is 1. The number of nitrogens with one attached hydrogen (secondary N) is 1. The SMILES string of the molecule is COC(=O)c1ccccc1NC(=O)C1CCCN(Cc2nc(-c3ccc(C(C)(C)C)cc3)no2)C1. The third-order valence-electron chi connectivity index (χ3n) is 6.30. The van der Waals surface area contributed by atoms with E-state index in [1.807, 2.05) is 12.1 Å². The molecule has 3 aromatic rings. The minimum atomic E-state index is -0.480. The highest BCUT2D eigenvalue weighted by molar-refractivity contribution is 6.01. The second-order valence-corrected chi connectivity index (χ2v) is 9.94. The van der Waals surface area contributed by atoms with Crippen molar-refractivity contribution in [1.82, 2.24) is 15.0 Å². The highest BCUT2D eigenvalue weighted by Gasteiger charge is 2.28. The maximum absolute atomic E-state index is 13.0. The van der Waals surface area contributed by atoms with Crippen molar-refractivity contribution < 1.29 is 18.8 Å². The van der Waals surface area contributed by atoms with Crippen LogP contribution in [0.15, 0.2) is 53.1 Å². The zero-order valence-electron chi connectivity index (χ0n) is 20.7. The summed E-state index contributed by atoms with van der Waals surface area (Å²) in [4.78, 5) is 31.7. The van der Waals surface area contributed by atoms with E-state index in [0.717, 1.165) is 24.9 Å². The molecule has 1 aliphatic rings. The van der Waals surface area contributed by atoms with Crippen LogP contribution in [0.5, 0.6) is 0 Å². The number of amides is 1. The zero-order chi connectivity index (χ0) is 25.0. The molecule has 0 saturated carbocycles. The van der Waals surface area contributed by atoms with Crippen molar-refractivity contribution in [2.24, 2.45) is 5.92 Å². The van der Waals surface area contributed by atoms with Crippen molar-refractivity contribution in [3.63, 3.8) is 0 Å². The summed E-state index contributed by atoms with van der Waals surface area (Å²) in [7, 11) is 1.32. The summed E-state index contributed by atoms with van der Waals surface area (Å²) < 4.78 is 10.3. The smallest absolute Gasteiger partial charge is 0.339 e. The number of piperidine rings is 1. The number of ether oxygens (including phenoxy) is 1. The Labute approximate surface area is 205 Å². The number of esters is 1. The first-order valence-corrected chi connectivity index (χ1v) is 11.9. The van der Waals surface area contributed by atoms with Gasteiger partial charge in [0.25, 0.3) is 0 Å². The van der Waals surface area contributed by atoms with Gasteiger partial charge < -0.3 is 14.6 Å². The second kappa shape index (κ2) is 10.4. The molecule has 1 aliphatic heterocycles. The Bertz CT molecular complexity index is 1180. The molecule has 35 heavy (non-hydrogen) atoms. The first-order valence-electron chi connectivity index (χ1n) is 11.9. The minimum absolute atomic E-state index is 0.0828. The largest absolute Gasteiger partial charge is 0.465 e. The van der Waals surface area contributed by atoms with Gasteiger partial charge in [-0.2, -0.15) is 4.98 Å². The van der Waals surface area contributed by atoms with E-state index >= 15 is 0 Å². The second-order valence-electron chi connectivity index (χ2n) is 9.94. The quantitative estimate of drug-likeness (QED) is 0.516. The fraction of sp³-hybridized carbons (Fsp3) is 0.407. The number of aromatic nitrogens is 2. The number of benzene rings is 2. The van der Waals surface area contributed by atoms with Crippen molar-refractivity contribution in [2.45, 2.75) is 45.6 Å². The Kier molecular flexibility index (Phi) is 7.31. The van der Waals surface area contributed by atoms with Gasteiger partial charge in [-0.15, -0.1) is 0 Å². The summed E-state index contributed by atoms with van der Waals surface area (Å²) in [6, 6.07) is 15.1. The fourth-order valence-corrected chi connectivity index (χ4v) is 4.27. The average Bonchev–Trinajstić information content (AvgIpc) is 3.32. The number of methoxy groups -OCH3 is 1. The Morgan fingerprint density at radius 1 is 1.14 bits per heavy atom. The van der Waals surface area contributed by atoms with Crippen molar-refractivity contribution in [3.8, 4) is 11.4 Å². The summed E-state index contributed by atoms with van der Waals surface area (Å²) in [6.07, 6.45) is 1.66. The first kappa shape index (κ1) is 24.6. The highest BCUT2D eigenvalue weighted by Crippen LogP contribution is 2.26. The molecule has 1 aromatic heterocycles. The standard InChI is InChI=1S/C27H32N4O4/c1-27(2,3)20-13-11-18(12-14-20)24-29-23(35-30-24)17-31-15-7-8-19(16-31)25(32)28-22-10-6-5-9-21(22)26(33)34-4/h5-6,9-14,19H,7-8,15-17H2,1-4H3,(H,28,32). The monoisotopic (exact) mass is 476 g/mol. The van der Waals surface area contributed by atoms with Gasteiger partial charge in [0.1, 0.15) is 0 Å². The zero-order valence-corrected chi connectivity index (χ0v) is 20.7. The molecular weight excluding hydrogens is 444 g/mol. The van der Waals surface area contributed by atoms with Gasteiger partial charge in [0.2, 0.25) is 17.6 Å². The van der Waals surface area contributed by atoms with Gasteiger partial charge >= 0.3 is 5.97 Å². The number of nitrogens with zero attached hydrogens (tertiary/aromatic N) is 3. The summed E-state index contributed by atoms with van der Waals surface area (Å²) in [5, 5.41) is 7.05. The first-order chi connectivity index (χ1) is 16.7. The number of rotatable bonds is 6. The summed E-state index contributed by atoms with van der Waals surface area (Å²) in [5.74, 6) is 0.285. The molecule has 0 radical (unpaired) electrons. The Hall–Kier alpha value is -3.52. The van der Waals surface area contributed by atoms with Crippen LogP contribution < -0.4 is 5.32 Å². The topological polar surface area (TPSA) is 97.6 Å². The number of para-hydroxylation sites is 1. The van der Waals surface area contributed by atoms with Crippen molar-refractivity contribution in [2.75, 3.05) is 25.5 Å². The molecular formula is C27H32N4O4. The van der Waals surface area contributed by atoms with Crippen molar-refractivity contribution in [1.29, 1.82) is 0 Å². The van der Waals surface area contributed by atoms with E-state index in [4.69, 9.17) is 9.26 Å². The van der Waals surface area contributed by atoms with E-state index in [9.17, 15) is 9.59 Å². The predicted molar refractivity (Wildman–Crippen MR) is 133 cm³/mol. The molecule has 184 valence electrons. The molecule has 1 atom stereocenters. The number of hydrogen-bond donors (Lipinski definition) is 1. The molecule has 1 saturated heterocycles. The number of hydrogen-bond acceptors (Lipinski definition) is 7. The fourth-order valence-electron chi connectivity index (χ4n) is 4.27. The molecule has 1 amide bonds. The molecule has 2 aromatic carbocycles. The van der Waals surface area contributed by atoms with E-state index in [1.54, 1.807) is 24.3 Å². The van der Waals surface area contributed by atoms with Gasteiger partial charge in [0, 0.05) is 12.1 Å². The third-order valence-corrected chi connectivity index (χ3v) is 6.30. The van der Waals surface area contributed by atoms with Gasteiger partial charge in [-0.25, -0.2) is 4.79 Å². The molecule has 0 spiro atoms. The average molecular weight is 477 g/mol. The lowest BCUT2D eigenvalue weighted by Gasteiger charge is -2.31. The Balaban J connectivity index is 1.38. The molecule has 0 bridgehead atoms. The van der Waals surface area contributed by atoms with Crippen molar-refractivity contribution in [3.05, 3.63) is 65.5 Å². The van der Waals surface area contributed by atoms with Gasteiger partial charge in [-0.05, 0) is 42.5 Å². The van der Waals surface area contributed by atoms with Crippen LogP contribution in [0.4, 0.5) is 5.69 Å². The summed E-state index contributed by atoms with van der Waals surface area (Å²) in [5.41, 5.74) is 3.04. The maximum Gasteiger partial charge on any atom is 0.339 e. The van der Waals surface area contributed by atoms with Gasteiger partial charge in [-0.3, -0.25) is 9.69 Å². The lowest BCUT2D eigenvalue weighted by Crippen LogP contribution is -2.40. The number of carbonyl (C=O) groups is 2. The van der Waals surface area contributed by atoms with Crippen LogP contribution in [0, 0.1) is 5.92 Å². The molecule has 4 rings (SSSR count). The van der Waals surface area contributed by atoms with E-state index in [1.165, 1.54) is 12.7 Å². The van der Waals surface area contributed by atoms with Crippen LogP contribution in [-0.2, 0) is 21.5 Å². The summed E-state index contributed by atoms with van der Waals surface area (Å²) >= 11 is 0. The van der Waals surface area contributed by atoms with Gasteiger partial charge in [0.05, 0.1) is 30.8 Å². The van der Waals surface area contributed by atoms with Crippen molar-refractivity contribution >= 4 is 17.6 Å². The van der Waals surface area contributed by atoms with Crippen LogP contribution in [0.25, 0.3) is 11.4 Å². The van der Waals surface area contributed by atoms with E-state index in [2.05, 4.69) is 53.3 Å². The molecule has 2 heterocycles. The lowest BCUT2D eigenvalue weighted by molar-refractivity contribution is -0.121. The normalized spacial score (nSPS) is 16.6. The molecule has 1 fully saturated rings. The lowest BCUT2D eigenvalue weighted by atomic mass is 9.87. The van der Waals surface area contributed by atoms with Gasteiger partial charge in [0.15, 0.2) is 0 Å². The Morgan fingerprint density at radius 3 is 2.60 bits per heavy atom. The molecule has 8 heteroatoms. The van der Waals surface area contributed by atoms with Crippen LogP contribution in [0.1, 0.15) is 55.4 Å². The Morgan fingerprint density at radius 2 is 1.89 bits per heavy atom. The van der Waals surface area contributed by atoms with E-state index in [-0.39, 0.29) is 17.2 Å². The van der Waals surface area contributed by atoms with Crippen LogP contribution in [0.3, 0.4) is 0 Å². The third kappa shape index (κ3) is 5.95. The van der Waals surface area contributed by atoms with Gasteiger partial charge in [-0.1, -0.05) is 62.3 Å². The molecule has 8 nitrogen and oxygen atoms in total. The number of anilines is 1.